The summed E-state index contributed by atoms with van der Waals surface area (Å²) in [6, 6.07) is 12.7. The summed E-state index contributed by atoms with van der Waals surface area (Å²) in [5, 5.41) is 0. The molecule has 0 radical (unpaired) electrons. The third kappa shape index (κ3) is 3.18. The van der Waals surface area contributed by atoms with Gasteiger partial charge in [-0.3, -0.25) is 0 Å². The lowest BCUT2D eigenvalue weighted by atomic mass is 9.98. The van der Waals surface area contributed by atoms with E-state index in [2.05, 4.69) is 15.9 Å². The van der Waals surface area contributed by atoms with Crippen LogP contribution < -0.4 is 5.73 Å². The van der Waals surface area contributed by atoms with Crippen LogP contribution in [-0.2, 0) is 6.42 Å². The van der Waals surface area contributed by atoms with E-state index in [1.165, 1.54) is 6.07 Å². The summed E-state index contributed by atoms with van der Waals surface area (Å²) in [5.74, 6) is -0.231. The number of hydrogen-bond donors (Lipinski definition) is 1. The average molecular weight is 308 g/mol. The highest BCUT2D eigenvalue weighted by Crippen LogP contribution is 2.21. The molecule has 0 saturated heterocycles. The molecule has 3 heteroatoms. The SMILES string of the molecule is Cc1ccc(F)c(C(N)Cc2ccc(Br)cc2)c1. The van der Waals surface area contributed by atoms with Crippen LogP contribution in [0.3, 0.4) is 0 Å². The lowest BCUT2D eigenvalue weighted by molar-refractivity contribution is 0.579. The predicted octanol–water partition coefficient (Wildman–Crippen LogP) is 4.14. The zero-order valence-corrected chi connectivity index (χ0v) is 11.7. The first-order chi connectivity index (χ1) is 8.56. The van der Waals surface area contributed by atoms with Crippen molar-refractivity contribution in [3.05, 3.63) is 69.4 Å². The molecule has 0 aliphatic rings. The van der Waals surface area contributed by atoms with E-state index in [0.717, 1.165) is 15.6 Å². The Morgan fingerprint density at radius 1 is 1.17 bits per heavy atom. The van der Waals surface area contributed by atoms with Crippen molar-refractivity contribution in [1.29, 1.82) is 0 Å². The third-order valence-corrected chi connectivity index (χ3v) is 3.45. The first-order valence-electron chi connectivity index (χ1n) is 5.82. The van der Waals surface area contributed by atoms with Crippen molar-refractivity contribution in [2.24, 2.45) is 5.73 Å². The van der Waals surface area contributed by atoms with Crippen LogP contribution in [0.4, 0.5) is 4.39 Å². The van der Waals surface area contributed by atoms with Crippen LogP contribution in [0.25, 0.3) is 0 Å². The van der Waals surface area contributed by atoms with E-state index in [9.17, 15) is 4.39 Å². The molecule has 18 heavy (non-hydrogen) atoms. The van der Waals surface area contributed by atoms with Crippen molar-refractivity contribution in [3.63, 3.8) is 0 Å². The summed E-state index contributed by atoms with van der Waals surface area (Å²) in [6.45, 7) is 1.94. The number of halogens is 2. The van der Waals surface area contributed by atoms with Gasteiger partial charge in [-0.25, -0.2) is 4.39 Å². The fourth-order valence-electron chi connectivity index (χ4n) is 1.93. The van der Waals surface area contributed by atoms with Gasteiger partial charge in [0.25, 0.3) is 0 Å². The van der Waals surface area contributed by atoms with E-state index >= 15 is 0 Å². The van der Waals surface area contributed by atoms with Crippen molar-refractivity contribution in [1.82, 2.24) is 0 Å². The second-order valence-corrected chi connectivity index (χ2v) is 5.38. The van der Waals surface area contributed by atoms with Gasteiger partial charge in [0.2, 0.25) is 0 Å². The van der Waals surface area contributed by atoms with Gasteiger partial charge in [-0.15, -0.1) is 0 Å². The molecule has 2 aromatic carbocycles. The van der Waals surface area contributed by atoms with Crippen LogP contribution in [0.15, 0.2) is 46.9 Å². The third-order valence-electron chi connectivity index (χ3n) is 2.92. The average Bonchev–Trinajstić information content (AvgIpc) is 2.35. The second-order valence-electron chi connectivity index (χ2n) is 4.46. The number of benzene rings is 2. The van der Waals surface area contributed by atoms with Gasteiger partial charge in [-0.1, -0.05) is 45.8 Å². The van der Waals surface area contributed by atoms with Crippen molar-refractivity contribution in [2.75, 3.05) is 0 Å². The monoisotopic (exact) mass is 307 g/mol. The van der Waals surface area contributed by atoms with E-state index in [4.69, 9.17) is 5.73 Å². The number of nitrogens with two attached hydrogens (primary N) is 1. The van der Waals surface area contributed by atoms with Crippen molar-refractivity contribution < 1.29 is 4.39 Å². The van der Waals surface area contributed by atoms with E-state index in [-0.39, 0.29) is 11.9 Å². The normalized spacial score (nSPS) is 12.4. The summed E-state index contributed by atoms with van der Waals surface area (Å²) in [7, 11) is 0. The smallest absolute Gasteiger partial charge is 0.128 e. The molecule has 0 fully saturated rings. The molecule has 2 aromatic rings. The summed E-state index contributed by atoms with van der Waals surface area (Å²) < 4.78 is 14.7. The molecule has 1 unspecified atom stereocenters. The molecule has 0 heterocycles. The number of rotatable bonds is 3. The zero-order chi connectivity index (χ0) is 13.1. The molecule has 1 nitrogen and oxygen atoms in total. The highest BCUT2D eigenvalue weighted by Gasteiger charge is 2.12. The molecule has 0 bridgehead atoms. The van der Waals surface area contributed by atoms with E-state index in [0.29, 0.717) is 12.0 Å². The maximum Gasteiger partial charge on any atom is 0.128 e. The topological polar surface area (TPSA) is 26.0 Å². The molecule has 2 rings (SSSR count). The van der Waals surface area contributed by atoms with Crippen molar-refractivity contribution >= 4 is 15.9 Å². The Hall–Kier alpha value is -1.19. The molecular weight excluding hydrogens is 293 g/mol. The highest BCUT2D eigenvalue weighted by atomic mass is 79.9. The van der Waals surface area contributed by atoms with E-state index < -0.39 is 0 Å². The van der Waals surface area contributed by atoms with Crippen LogP contribution in [-0.4, -0.2) is 0 Å². The molecule has 0 aromatic heterocycles. The van der Waals surface area contributed by atoms with Gasteiger partial charge in [0.1, 0.15) is 5.82 Å². The molecule has 0 aliphatic carbocycles. The molecule has 0 amide bonds. The Balaban J connectivity index is 2.18. The van der Waals surface area contributed by atoms with Gasteiger partial charge in [0.05, 0.1) is 0 Å². The van der Waals surface area contributed by atoms with Crippen LogP contribution in [0.2, 0.25) is 0 Å². The molecule has 0 saturated carbocycles. The summed E-state index contributed by atoms with van der Waals surface area (Å²) in [5.41, 5.74) is 8.79. The summed E-state index contributed by atoms with van der Waals surface area (Å²) >= 11 is 3.39. The maximum absolute atomic E-state index is 13.7. The van der Waals surface area contributed by atoms with Gasteiger partial charge in [0, 0.05) is 16.1 Å². The first kappa shape index (κ1) is 13.2. The first-order valence-corrected chi connectivity index (χ1v) is 6.61. The summed E-state index contributed by atoms with van der Waals surface area (Å²) in [4.78, 5) is 0. The Bertz CT molecular complexity index is 537. The van der Waals surface area contributed by atoms with Crippen molar-refractivity contribution in [2.45, 2.75) is 19.4 Å². The van der Waals surface area contributed by atoms with Crippen LogP contribution >= 0.6 is 15.9 Å². The van der Waals surface area contributed by atoms with E-state index in [1.807, 2.05) is 37.3 Å². The number of aryl methyl sites for hydroxylation is 1. The van der Waals surface area contributed by atoms with Crippen LogP contribution in [0, 0.1) is 12.7 Å². The van der Waals surface area contributed by atoms with Crippen LogP contribution in [0.1, 0.15) is 22.7 Å². The quantitative estimate of drug-likeness (QED) is 0.906. The Kier molecular flexibility index (Phi) is 4.15. The van der Waals surface area contributed by atoms with Gasteiger partial charge < -0.3 is 5.73 Å². The van der Waals surface area contributed by atoms with Gasteiger partial charge >= 0.3 is 0 Å². The molecule has 1 atom stereocenters. The minimum atomic E-state index is -0.314. The van der Waals surface area contributed by atoms with Gasteiger partial charge in [0.15, 0.2) is 0 Å². The minimum Gasteiger partial charge on any atom is -0.324 e. The van der Waals surface area contributed by atoms with Crippen molar-refractivity contribution in [3.8, 4) is 0 Å². The largest absolute Gasteiger partial charge is 0.324 e. The Morgan fingerprint density at radius 2 is 1.83 bits per heavy atom. The number of hydrogen-bond acceptors (Lipinski definition) is 1. The fourth-order valence-corrected chi connectivity index (χ4v) is 2.20. The van der Waals surface area contributed by atoms with E-state index in [1.54, 1.807) is 6.07 Å². The highest BCUT2D eigenvalue weighted by molar-refractivity contribution is 9.10. The van der Waals surface area contributed by atoms with Crippen LogP contribution in [0.5, 0.6) is 0 Å². The second kappa shape index (κ2) is 5.63. The Labute approximate surface area is 115 Å². The molecule has 94 valence electrons. The summed E-state index contributed by atoms with van der Waals surface area (Å²) in [6.07, 6.45) is 0.633. The molecule has 0 aliphatic heterocycles. The molecule has 2 N–H and O–H groups in total. The minimum absolute atomic E-state index is 0.231. The maximum atomic E-state index is 13.7. The lowest BCUT2D eigenvalue weighted by Crippen LogP contribution is -2.15. The zero-order valence-electron chi connectivity index (χ0n) is 10.2. The van der Waals surface area contributed by atoms with Gasteiger partial charge in [-0.2, -0.15) is 0 Å². The predicted molar refractivity (Wildman–Crippen MR) is 75.9 cm³/mol. The standard InChI is InChI=1S/C15H15BrFN/c1-10-2-7-14(17)13(8-10)15(18)9-11-3-5-12(16)6-4-11/h2-8,15H,9,18H2,1H3. The fraction of sp³-hybridized carbons (Fsp3) is 0.200. The van der Waals surface area contributed by atoms with Gasteiger partial charge in [-0.05, 0) is 37.1 Å². The molecular formula is C15H15BrFN. The lowest BCUT2D eigenvalue weighted by Gasteiger charge is -2.14. The molecule has 0 spiro atoms. The Morgan fingerprint density at radius 3 is 2.50 bits per heavy atom.